The van der Waals surface area contributed by atoms with Crippen LogP contribution in [0.4, 0.5) is 0 Å². The highest BCUT2D eigenvalue weighted by Crippen LogP contribution is 2.11. The van der Waals surface area contributed by atoms with Crippen LogP contribution in [0.3, 0.4) is 0 Å². The van der Waals surface area contributed by atoms with E-state index < -0.39 is 6.29 Å². The highest BCUT2D eigenvalue weighted by Gasteiger charge is 2.24. The van der Waals surface area contributed by atoms with E-state index in [1.54, 1.807) is 6.08 Å². The first kappa shape index (κ1) is 9.42. The Kier molecular flexibility index (Phi) is 3.00. The van der Waals surface area contributed by atoms with Gasteiger partial charge in [-0.15, -0.1) is 0 Å². The number of hydrogen-bond donors (Lipinski definition) is 0. The maximum Gasteiger partial charge on any atom is 0.222 e. The van der Waals surface area contributed by atoms with Gasteiger partial charge in [-0.2, -0.15) is 0 Å². The zero-order valence-electron chi connectivity index (χ0n) is 7.61. The lowest BCUT2D eigenvalue weighted by molar-refractivity contribution is -0.185. The maximum absolute atomic E-state index is 11.1. The van der Waals surface area contributed by atoms with E-state index in [0.717, 1.165) is 0 Å². The molecule has 0 radical (unpaired) electrons. The minimum Gasteiger partial charge on any atom is -0.343 e. The van der Waals surface area contributed by atoms with Crippen LogP contribution in [0.5, 0.6) is 0 Å². The quantitative estimate of drug-likeness (QED) is 0.626. The van der Waals surface area contributed by atoms with Crippen LogP contribution < -0.4 is 0 Å². The third-order valence-corrected chi connectivity index (χ3v) is 1.50. The van der Waals surface area contributed by atoms with Crippen molar-refractivity contribution in [2.75, 3.05) is 0 Å². The maximum atomic E-state index is 11.1. The molecule has 0 N–H and O–H groups in total. The van der Waals surface area contributed by atoms with E-state index >= 15 is 0 Å². The van der Waals surface area contributed by atoms with Crippen LogP contribution >= 0.6 is 0 Å². The molecule has 2 unspecified atom stereocenters. The van der Waals surface area contributed by atoms with E-state index in [-0.39, 0.29) is 18.0 Å². The zero-order valence-corrected chi connectivity index (χ0v) is 7.61. The summed E-state index contributed by atoms with van der Waals surface area (Å²) in [7, 11) is 0. The van der Waals surface area contributed by atoms with E-state index in [4.69, 9.17) is 9.47 Å². The average molecular weight is 170 g/mol. The fourth-order valence-electron chi connectivity index (χ4n) is 0.963. The second-order valence-corrected chi connectivity index (χ2v) is 3.12. The molecular formula is C9H14O3. The second kappa shape index (κ2) is 3.83. The summed E-state index contributed by atoms with van der Waals surface area (Å²) in [4.78, 5) is 11.1. The van der Waals surface area contributed by atoms with Crippen LogP contribution in [0.1, 0.15) is 20.8 Å². The first-order valence-electron chi connectivity index (χ1n) is 4.12. The van der Waals surface area contributed by atoms with Gasteiger partial charge in [0.15, 0.2) is 0 Å². The summed E-state index contributed by atoms with van der Waals surface area (Å²) in [6.45, 7) is 5.62. The largest absolute Gasteiger partial charge is 0.343 e. The molecule has 0 saturated heterocycles. The standard InChI is InChI=1S/C9H14O3/c1-6(2)11-9-8(10)5-4-7(3)12-9/h4-7,9H,1-3H3. The van der Waals surface area contributed by atoms with Crippen molar-refractivity contribution in [3.63, 3.8) is 0 Å². The summed E-state index contributed by atoms with van der Waals surface area (Å²) < 4.78 is 10.5. The summed E-state index contributed by atoms with van der Waals surface area (Å²) in [5.74, 6) is -0.109. The Morgan fingerprint density at radius 3 is 2.83 bits per heavy atom. The smallest absolute Gasteiger partial charge is 0.222 e. The predicted octanol–water partition coefficient (Wildman–Crippen LogP) is 1.28. The molecule has 3 heteroatoms. The van der Waals surface area contributed by atoms with Crippen molar-refractivity contribution in [1.29, 1.82) is 0 Å². The number of ether oxygens (including phenoxy) is 2. The molecule has 0 amide bonds. The van der Waals surface area contributed by atoms with E-state index in [1.165, 1.54) is 6.08 Å². The Balaban J connectivity index is 2.54. The van der Waals surface area contributed by atoms with E-state index in [2.05, 4.69) is 0 Å². The van der Waals surface area contributed by atoms with Crippen LogP contribution in [-0.2, 0) is 14.3 Å². The van der Waals surface area contributed by atoms with E-state index in [0.29, 0.717) is 0 Å². The zero-order chi connectivity index (χ0) is 9.14. The second-order valence-electron chi connectivity index (χ2n) is 3.12. The number of ketones is 1. The molecule has 1 aliphatic heterocycles. The van der Waals surface area contributed by atoms with Gasteiger partial charge in [0, 0.05) is 0 Å². The van der Waals surface area contributed by atoms with E-state index in [1.807, 2.05) is 20.8 Å². The Hall–Kier alpha value is -0.670. The first-order valence-corrected chi connectivity index (χ1v) is 4.12. The van der Waals surface area contributed by atoms with Gasteiger partial charge in [0.1, 0.15) is 0 Å². The third kappa shape index (κ3) is 2.43. The summed E-state index contributed by atoms with van der Waals surface area (Å²) in [5, 5.41) is 0. The van der Waals surface area contributed by atoms with Crippen molar-refractivity contribution in [3.05, 3.63) is 12.2 Å². The molecule has 1 rings (SSSR count). The minimum atomic E-state index is -0.704. The highest BCUT2D eigenvalue weighted by molar-refractivity contribution is 5.93. The lowest BCUT2D eigenvalue weighted by atomic mass is 10.2. The van der Waals surface area contributed by atoms with Crippen molar-refractivity contribution < 1.29 is 14.3 Å². The Morgan fingerprint density at radius 2 is 2.25 bits per heavy atom. The minimum absolute atomic E-state index is 0.0117. The van der Waals surface area contributed by atoms with Gasteiger partial charge in [-0.1, -0.05) is 6.08 Å². The molecule has 0 bridgehead atoms. The van der Waals surface area contributed by atoms with Gasteiger partial charge in [-0.05, 0) is 26.8 Å². The molecule has 3 nitrogen and oxygen atoms in total. The molecule has 0 spiro atoms. The molecule has 12 heavy (non-hydrogen) atoms. The molecule has 0 aliphatic carbocycles. The van der Waals surface area contributed by atoms with Crippen LogP contribution in [-0.4, -0.2) is 24.3 Å². The summed E-state index contributed by atoms with van der Waals surface area (Å²) in [5.41, 5.74) is 0. The first-order chi connectivity index (χ1) is 5.59. The molecule has 0 aromatic heterocycles. The number of rotatable bonds is 2. The molecule has 0 aromatic rings. The molecule has 2 atom stereocenters. The van der Waals surface area contributed by atoms with E-state index in [9.17, 15) is 4.79 Å². The predicted molar refractivity (Wildman–Crippen MR) is 44.7 cm³/mol. The summed E-state index contributed by atoms with van der Waals surface area (Å²) in [6.07, 6.45) is 2.51. The van der Waals surface area contributed by atoms with Crippen molar-refractivity contribution in [2.45, 2.75) is 39.3 Å². The number of carbonyl (C=O) groups is 1. The van der Waals surface area contributed by atoms with Crippen molar-refractivity contribution >= 4 is 5.78 Å². The van der Waals surface area contributed by atoms with Gasteiger partial charge in [0.2, 0.25) is 12.1 Å². The monoisotopic (exact) mass is 170 g/mol. The van der Waals surface area contributed by atoms with Crippen LogP contribution in [0.25, 0.3) is 0 Å². The summed E-state index contributed by atoms with van der Waals surface area (Å²) in [6, 6.07) is 0. The van der Waals surface area contributed by atoms with Gasteiger partial charge in [-0.25, -0.2) is 0 Å². The Bertz CT molecular complexity index is 196. The third-order valence-electron chi connectivity index (χ3n) is 1.50. The average Bonchev–Trinajstić information content (AvgIpc) is 1.96. The fraction of sp³-hybridized carbons (Fsp3) is 0.667. The van der Waals surface area contributed by atoms with Gasteiger partial charge in [-0.3, -0.25) is 4.79 Å². The number of hydrogen-bond acceptors (Lipinski definition) is 3. The molecule has 1 aliphatic rings. The highest BCUT2D eigenvalue weighted by atomic mass is 16.7. The van der Waals surface area contributed by atoms with Crippen molar-refractivity contribution in [1.82, 2.24) is 0 Å². The van der Waals surface area contributed by atoms with Gasteiger partial charge < -0.3 is 9.47 Å². The molecule has 1 heterocycles. The molecule has 0 saturated carbocycles. The molecule has 0 fully saturated rings. The van der Waals surface area contributed by atoms with Crippen LogP contribution in [0, 0.1) is 0 Å². The van der Waals surface area contributed by atoms with Crippen LogP contribution in [0.15, 0.2) is 12.2 Å². The van der Waals surface area contributed by atoms with Crippen molar-refractivity contribution in [2.24, 2.45) is 0 Å². The number of carbonyl (C=O) groups excluding carboxylic acids is 1. The summed E-state index contributed by atoms with van der Waals surface area (Å²) >= 11 is 0. The van der Waals surface area contributed by atoms with Gasteiger partial charge in [0.25, 0.3) is 0 Å². The lowest BCUT2D eigenvalue weighted by Gasteiger charge is -2.23. The molecule has 0 aromatic carbocycles. The van der Waals surface area contributed by atoms with Gasteiger partial charge >= 0.3 is 0 Å². The Labute approximate surface area is 72.4 Å². The fourth-order valence-corrected chi connectivity index (χ4v) is 0.963. The SMILES string of the molecule is CC(C)OC1OC(C)C=CC1=O. The Morgan fingerprint density at radius 1 is 1.58 bits per heavy atom. The van der Waals surface area contributed by atoms with Gasteiger partial charge in [0.05, 0.1) is 12.2 Å². The molecular weight excluding hydrogens is 156 g/mol. The lowest BCUT2D eigenvalue weighted by Crippen LogP contribution is -2.34. The van der Waals surface area contributed by atoms with Crippen molar-refractivity contribution in [3.8, 4) is 0 Å². The van der Waals surface area contributed by atoms with Crippen LogP contribution in [0.2, 0.25) is 0 Å². The normalized spacial score (nSPS) is 29.8. The molecule has 68 valence electrons. The topological polar surface area (TPSA) is 35.5 Å².